The molecule has 0 bridgehead atoms. The van der Waals surface area contributed by atoms with E-state index in [9.17, 15) is 14.9 Å². The summed E-state index contributed by atoms with van der Waals surface area (Å²) in [7, 11) is 0.219. The van der Waals surface area contributed by atoms with Crippen molar-refractivity contribution in [3.63, 3.8) is 0 Å². The molecule has 0 unspecified atom stereocenters. The number of anilines is 1. The normalized spacial score (nSPS) is 16.5. The second-order valence-corrected chi connectivity index (χ2v) is 7.67. The first-order chi connectivity index (χ1) is 11.4. The van der Waals surface area contributed by atoms with Gasteiger partial charge >= 0.3 is 13.1 Å². The zero-order valence-corrected chi connectivity index (χ0v) is 14.5. The van der Waals surface area contributed by atoms with Crippen LogP contribution in [0.15, 0.2) is 10.4 Å². The number of benzene rings is 1. The third kappa shape index (κ3) is 3.02. The molecule has 126 valence electrons. The second-order valence-electron chi connectivity index (χ2n) is 5.17. The highest BCUT2D eigenvalue weighted by Crippen LogP contribution is 2.42. The van der Waals surface area contributed by atoms with Crippen LogP contribution in [-0.2, 0) is 6.42 Å². The van der Waals surface area contributed by atoms with Gasteiger partial charge in [0, 0.05) is 0 Å². The summed E-state index contributed by atoms with van der Waals surface area (Å²) in [6.45, 7) is 1.77. The largest absolute Gasteiger partial charge is 0.537 e. The average molecular weight is 367 g/mol. The highest BCUT2D eigenvalue weighted by atomic mass is 32.2. The Morgan fingerprint density at radius 3 is 2.92 bits per heavy atom. The van der Waals surface area contributed by atoms with Crippen molar-refractivity contribution in [2.75, 3.05) is 12.8 Å². The molecule has 1 aliphatic rings. The summed E-state index contributed by atoms with van der Waals surface area (Å²) in [6, 6.07) is 1.81. The summed E-state index contributed by atoms with van der Waals surface area (Å²) in [6.07, 6.45) is 0.422. The third-order valence-corrected chi connectivity index (χ3v) is 5.64. The quantitative estimate of drug-likeness (QED) is 0.684. The number of methoxy groups -OCH3 is 1. The molecule has 0 radical (unpaired) electrons. The first-order valence-corrected chi connectivity index (χ1v) is 8.64. The van der Waals surface area contributed by atoms with Gasteiger partial charge in [0.25, 0.3) is 0 Å². The van der Waals surface area contributed by atoms with Gasteiger partial charge in [0.2, 0.25) is 5.13 Å². The molecule has 2 heterocycles. The number of hydrogen-bond donors (Lipinski definition) is 3. The molecule has 4 N–H and O–H groups in total. The van der Waals surface area contributed by atoms with Crippen LogP contribution in [0.4, 0.5) is 5.13 Å². The summed E-state index contributed by atoms with van der Waals surface area (Å²) in [5.74, 6) is -0.787. The van der Waals surface area contributed by atoms with Gasteiger partial charge in [0.05, 0.1) is 12.3 Å². The number of aromatic carboxylic acids is 1. The molecule has 0 saturated heterocycles. The van der Waals surface area contributed by atoms with Crippen LogP contribution in [0.25, 0.3) is 0 Å². The Hall–Kier alpha value is -1.98. The van der Waals surface area contributed by atoms with Gasteiger partial charge in [0.15, 0.2) is 4.34 Å². The molecule has 1 aliphatic heterocycles. The Balaban J connectivity index is 1.96. The lowest BCUT2D eigenvalue weighted by atomic mass is 9.77. The molecule has 0 saturated carbocycles. The van der Waals surface area contributed by atoms with E-state index in [-0.39, 0.29) is 22.2 Å². The van der Waals surface area contributed by atoms with Crippen molar-refractivity contribution in [1.82, 2.24) is 10.2 Å². The van der Waals surface area contributed by atoms with Crippen LogP contribution in [0.1, 0.15) is 21.5 Å². The number of thioether (sulfide) groups is 1. The van der Waals surface area contributed by atoms with Crippen LogP contribution in [0.2, 0.25) is 0 Å². The van der Waals surface area contributed by atoms with Crippen molar-refractivity contribution < 1.29 is 24.3 Å². The predicted octanol–water partition coefficient (Wildman–Crippen LogP) is 1.25. The van der Waals surface area contributed by atoms with Crippen LogP contribution in [0.5, 0.6) is 11.5 Å². The van der Waals surface area contributed by atoms with E-state index < -0.39 is 13.1 Å². The minimum Gasteiger partial charge on any atom is -0.534 e. The number of rotatable bonds is 4. The summed E-state index contributed by atoms with van der Waals surface area (Å²) >= 11 is 2.52. The second kappa shape index (κ2) is 6.50. The zero-order chi connectivity index (χ0) is 17.4. The maximum atomic E-state index is 11.6. The molecular weight excluding hydrogens is 353 g/mol. The number of hydrogen-bond acceptors (Lipinski definition) is 9. The van der Waals surface area contributed by atoms with E-state index in [1.165, 1.54) is 30.2 Å². The van der Waals surface area contributed by atoms with E-state index in [0.717, 1.165) is 0 Å². The van der Waals surface area contributed by atoms with Crippen LogP contribution in [0.3, 0.4) is 0 Å². The van der Waals surface area contributed by atoms with E-state index in [0.29, 0.717) is 27.0 Å². The molecular formula is C13H14BN3O5S2. The number of nitrogen functional groups attached to an aromatic ring is 1. The van der Waals surface area contributed by atoms with Gasteiger partial charge in [-0.05, 0) is 30.5 Å². The van der Waals surface area contributed by atoms with Crippen LogP contribution in [0, 0.1) is 6.92 Å². The van der Waals surface area contributed by atoms with E-state index in [2.05, 4.69) is 10.2 Å². The summed E-state index contributed by atoms with van der Waals surface area (Å²) in [5.41, 5.74) is 6.88. The van der Waals surface area contributed by atoms with Crippen molar-refractivity contribution in [2.45, 2.75) is 22.8 Å². The smallest absolute Gasteiger partial charge is 0.534 e. The maximum absolute atomic E-state index is 11.6. The Bertz CT molecular complexity index is 800. The Morgan fingerprint density at radius 2 is 2.33 bits per heavy atom. The van der Waals surface area contributed by atoms with E-state index in [4.69, 9.17) is 15.1 Å². The van der Waals surface area contributed by atoms with Crippen LogP contribution < -0.4 is 15.1 Å². The molecule has 3 rings (SSSR count). The first kappa shape index (κ1) is 16.9. The molecule has 24 heavy (non-hydrogen) atoms. The monoisotopic (exact) mass is 367 g/mol. The number of nitrogens with two attached hydrogens (primary N) is 1. The van der Waals surface area contributed by atoms with Gasteiger partial charge in [-0.2, -0.15) is 0 Å². The van der Waals surface area contributed by atoms with Gasteiger partial charge in [-0.25, -0.2) is 4.79 Å². The topological polar surface area (TPSA) is 128 Å². The van der Waals surface area contributed by atoms with Gasteiger partial charge in [-0.1, -0.05) is 23.1 Å². The predicted molar refractivity (Wildman–Crippen MR) is 91.0 cm³/mol. The van der Waals surface area contributed by atoms with E-state index in [1.54, 1.807) is 6.92 Å². The molecule has 0 fully saturated rings. The van der Waals surface area contributed by atoms with E-state index in [1.807, 2.05) is 6.07 Å². The molecule has 1 aromatic heterocycles. The van der Waals surface area contributed by atoms with Gasteiger partial charge < -0.3 is 25.3 Å². The molecule has 0 amide bonds. The highest BCUT2D eigenvalue weighted by Gasteiger charge is 2.39. The summed E-state index contributed by atoms with van der Waals surface area (Å²) in [5, 5.41) is 27.4. The van der Waals surface area contributed by atoms with Crippen molar-refractivity contribution in [1.29, 1.82) is 0 Å². The van der Waals surface area contributed by atoms with E-state index >= 15 is 0 Å². The lowest BCUT2D eigenvalue weighted by Crippen LogP contribution is -2.41. The molecule has 0 aliphatic carbocycles. The number of aromatic nitrogens is 2. The van der Waals surface area contributed by atoms with Crippen molar-refractivity contribution in [2.24, 2.45) is 0 Å². The Morgan fingerprint density at radius 1 is 1.58 bits per heavy atom. The minimum absolute atomic E-state index is 0.0739. The number of fused-ring (bicyclic) bond motifs is 1. The number of carboxylic acid groups (broad SMARTS) is 1. The first-order valence-electron chi connectivity index (χ1n) is 6.94. The van der Waals surface area contributed by atoms with Crippen molar-refractivity contribution >= 4 is 41.3 Å². The number of aryl methyl sites for hydroxylation is 1. The molecule has 11 heteroatoms. The fourth-order valence-corrected chi connectivity index (χ4v) is 4.55. The number of nitrogens with zero attached hydrogens (tertiary/aromatic N) is 2. The third-order valence-electron chi connectivity index (χ3n) is 3.56. The van der Waals surface area contributed by atoms with Crippen LogP contribution >= 0.6 is 23.1 Å². The highest BCUT2D eigenvalue weighted by molar-refractivity contribution is 8.02. The lowest BCUT2D eigenvalue weighted by molar-refractivity contribution is 0.0690. The molecule has 2 aromatic rings. The van der Waals surface area contributed by atoms with Crippen molar-refractivity contribution in [3.8, 4) is 11.5 Å². The molecule has 0 spiro atoms. The van der Waals surface area contributed by atoms with Gasteiger partial charge in [0.1, 0.15) is 17.1 Å². The fraction of sp³-hybridized carbons (Fsp3) is 0.308. The number of carbonyl (C=O) groups is 1. The standard InChI is InChI=1S/C13H14BN3O5S2/c1-5-3-6-4-7(23-13-17-16-12(15)24-13)14(20)22-10(6)8(11(18)19)9(5)21-2/h3,7,20H,4H2,1-2H3,(H2,15,16)(H,18,19)/t7-/m0/s1. The SMILES string of the molecule is COc1c(C)cc2c(c1C(=O)O)OB(O)[C@@H](Sc1nnc(N)s1)C2. The average Bonchev–Trinajstić information content (AvgIpc) is 2.92. The summed E-state index contributed by atoms with van der Waals surface area (Å²) in [4.78, 5) is 11.6. The summed E-state index contributed by atoms with van der Waals surface area (Å²) < 4.78 is 11.3. The Kier molecular flexibility index (Phi) is 4.57. The van der Waals surface area contributed by atoms with Gasteiger partial charge in [-0.15, -0.1) is 10.2 Å². The number of ether oxygens (including phenoxy) is 1. The maximum Gasteiger partial charge on any atom is 0.537 e. The molecule has 1 atom stereocenters. The molecule has 1 aromatic carbocycles. The van der Waals surface area contributed by atoms with Crippen LogP contribution in [-0.4, -0.2) is 45.7 Å². The number of carboxylic acids is 1. The fourth-order valence-electron chi connectivity index (χ4n) is 2.61. The Labute approximate surface area is 146 Å². The lowest BCUT2D eigenvalue weighted by Gasteiger charge is -2.28. The minimum atomic E-state index is -1.18. The molecule has 8 nitrogen and oxygen atoms in total. The van der Waals surface area contributed by atoms with Gasteiger partial charge in [-0.3, -0.25) is 0 Å². The van der Waals surface area contributed by atoms with Crippen molar-refractivity contribution in [3.05, 3.63) is 22.8 Å². The zero-order valence-electron chi connectivity index (χ0n) is 12.8.